The molecule has 0 amide bonds. The van der Waals surface area contributed by atoms with E-state index < -0.39 is 11.9 Å². The molecule has 0 aliphatic rings. The minimum atomic E-state index is -4.33. The highest BCUT2D eigenvalue weighted by molar-refractivity contribution is 5.87. The minimum absolute atomic E-state index is 0.865. The summed E-state index contributed by atoms with van der Waals surface area (Å²) >= 11 is 0. The lowest BCUT2D eigenvalue weighted by molar-refractivity contribution is -0.0591. The fourth-order valence-corrected chi connectivity index (χ4v) is 0.289. The molecule has 0 unspecified atom stereocenters. The Morgan fingerprint density at radius 1 is 1.45 bits per heavy atom. The van der Waals surface area contributed by atoms with Crippen LogP contribution in [0.5, 0.6) is 0 Å². The summed E-state index contributed by atoms with van der Waals surface area (Å²) < 4.78 is 35.1. The summed E-state index contributed by atoms with van der Waals surface area (Å²) in [6.07, 6.45) is -0.594. The molecule has 0 atom stereocenters. The number of hydrogen-bond donors (Lipinski definition) is 0. The maximum absolute atomic E-state index is 11.7. The van der Waals surface area contributed by atoms with Crippen LogP contribution < -0.4 is 0 Å². The monoisotopic (exact) mass is 163 g/mol. The lowest BCUT2D eigenvalue weighted by Gasteiger charge is -2.02. The van der Waals surface area contributed by atoms with Crippen molar-refractivity contribution in [2.24, 2.45) is 4.99 Å². The third-order valence-corrected chi connectivity index (χ3v) is 0.901. The minimum Gasteiger partial charge on any atom is -0.257 e. The molecule has 62 valence electrons. The predicted molar refractivity (Wildman–Crippen MR) is 38.5 cm³/mol. The summed E-state index contributed by atoms with van der Waals surface area (Å²) in [7, 11) is 0. The van der Waals surface area contributed by atoms with Gasteiger partial charge in [-0.1, -0.05) is 12.7 Å². The van der Waals surface area contributed by atoms with Crippen LogP contribution in [0.4, 0.5) is 13.2 Å². The third kappa shape index (κ3) is 4.36. The Bertz CT molecular complexity index is 188. The van der Waals surface area contributed by atoms with Crippen molar-refractivity contribution in [2.75, 3.05) is 0 Å². The van der Waals surface area contributed by atoms with Gasteiger partial charge in [0.1, 0.15) is 5.71 Å². The molecule has 11 heavy (non-hydrogen) atoms. The van der Waals surface area contributed by atoms with Crippen LogP contribution in [0.2, 0.25) is 0 Å². The molecule has 0 N–H and O–H groups in total. The second-order valence-corrected chi connectivity index (χ2v) is 1.79. The molecule has 4 heteroatoms. The number of allylic oxidation sites excluding steroid dienone is 2. The van der Waals surface area contributed by atoms with Crippen molar-refractivity contribution in [3.8, 4) is 0 Å². The number of alkyl halides is 3. The van der Waals surface area contributed by atoms with Gasteiger partial charge in [-0.2, -0.15) is 13.2 Å². The van der Waals surface area contributed by atoms with Crippen LogP contribution in [0.15, 0.2) is 29.9 Å². The van der Waals surface area contributed by atoms with Gasteiger partial charge in [-0.25, -0.2) is 0 Å². The van der Waals surface area contributed by atoms with E-state index in [1.54, 1.807) is 0 Å². The van der Waals surface area contributed by atoms with Crippen LogP contribution in [-0.2, 0) is 0 Å². The van der Waals surface area contributed by atoms with Crippen molar-refractivity contribution >= 4 is 5.71 Å². The van der Waals surface area contributed by atoms with E-state index in [9.17, 15) is 13.2 Å². The van der Waals surface area contributed by atoms with Gasteiger partial charge in [-0.15, -0.1) is 0 Å². The van der Waals surface area contributed by atoms with Crippen molar-refractivity contribution in [1.29, 1.82) is 0 Å². The van der Waals surface area contributed by atoms with E-state index in [-0.39, 0.29) is 0 Å². The van der Waals surface area contributed by atoms with Crippen molar-refractivity contribution in [2.45, 2.75) is 13.1 Å². The van der Waals surface area contributed by atoms with Gasteiger partial charge in [-0.05, 0) is 13.0 Å². The average molecular weight is 163 g/mol. The first-order valence-electron chi connectivity index (χ1n) is 2.87. The summed E-state index contributed by atoms with van der Waals surface area (Å²) in [5, 5.41) is 0. The van der Waals surface area contributed by atoms with E-state index in [0.29, 0.717) is 0 Å². The molecule has 0 rings (SSSR count). The van der Waals surface area contributed by atoms with Crippen LogP contribution in [-0.4, -0.2) is 11.9 Å². The van der Waals surface area contributed by atoms with E-state index in [1.807, 2.05) is 0 Å². The standard InChI is InChI=1S/C7H8F3N/c1-3-4-5-11-6(2)7(8,9)10/h3-5H,1H2,2H3. The van der Waals surface area contributed by atoms with Crippen molar-refractivity contribution < 1.29 is 13.2 Å². The van der Waals surface area contributed by atoms with Gasteiger partial charge < -0.3 is 0 Å². The van der Waals surface area contributed by atoms with E-state index in [1.165, 1.54) is 12.2 Å². The highest BCUT2D eigenvalue weighted by Crippen LogP contribution is 2.16. The molecule has 0 saturated carbocycles. The molecule has 0 fully saturated rings. The summed E-state index contributed by atoms with van der Waals surface area (Å²) in [6.45, 7) is 4.19. The van der Waals surface area contributed by atoms with Gasteiger partial charge in [0.05, 0.1) is 0 Å². The van der Waals surface area contributed by atoms with Crippen LogP contribution in [0.25, 0.3) is 0 Å². The highest BCUT2D eigenvalue weighted by atomic mass is 19.4. The third-order valence-electron chi connectivity index (χ3n) is 0.901. The molecule has 1 nitrogen and oxygen atoms in total. The lowest BCUT2D eigenvalue weighted by Crippen LogP contribution is -2.18. The first-order valence-corrected chi connectivity index (χ1v) is 2.87. The summed E-state index contributed by atoms with van der Waals surface area (Å²) in [5.74, 6) is 0. The maximum atomic E-state index is 11.7. The van der Waals surface area contributed by atoms with Crippen molar-refractivity contribution in [3.05, 3.63) is 24.9 Å². The number of aliphatic imine (C=N–C) groups is 1. The molecule has 0 aromatic carbocycles. The number of rotatable bonds is 2. The van der Waals surface area contributed by atoms with Gasteiger partial charge in [0.25, 0.3) is 0 Å². The molecule has 0 aromatic rings. The van der Waals surface area contributed by atoms with Crippen molar-refractivity contribution in [1.82, 2.24) is 0 Å². The molecule has 0 bridgehead atoms. The molecule has 0 aliphatic carbocycles. The van der Waals surface area contributed by atoms with E-state index in [0.717, 1.165) is 13.1 Å². The number of nitrogens with zero attached hydrogens (tertiary/aromatic N) is 1. The molecule has 0 saturated heterocycles. The summed E-state index contributed by atoms with van der Waals surface area (Å²) in [6, 6.07) is 0. The molecule has 0 aliphatic heterocycles. The predicted octanol–water partition coefficient (Wildman–Crippen LogP) is 2.71. The lowest BCUT2D eigenvalue weighted by atomic mass is 10.4. The Hall–Kier alpha value is -1.06. The number of hydrogen-bond acceptors (Lipinski definition) is 1. The fraction of sp³-hybridized carbons (Fsp3) is 0.286. The summed E-state index contributed by atoms with van der Waals surface area (Å²) in [5.41, 5.74) is -0.865. The Morgan fingerprint density at radius 2 is 2.00 bits per heavy atom. The van der Waals surface area contributed by atoms with E-state index >= 15 is 0 Å². The molecule has 0 aromatic heterocycles. The van der Waals surface area contributed by atoms with Gasteiger partial charge in [-0.3, -0.25) is 4.99 Å². The first-order chi connectivity index (χ1) is 4.98. The maximum Gasteiger partial charge on any atom is 0.429 e. The molecular weight excluding hydrogens is 155 g/mol. The van der Waals surface area contributed by atoms with Gasteiger partial charge in [0.15, 0.2) is 0 Å². The van der Waals surface area contributed by atoms with Crippen molar-refractivity contribution in [3.63, 3.8) is 0 Å². The number of halogens is 3. The van der Waals surface area contributed by atoms with Crippen LogP contribution in [0.3, 0.4) is 0 Å². The van der Waals surface area contributed by atoms with Gasteiger partial charge >= 0.3 is 6.18 Å². The average Bonchev–Trinajstić information content (AvgIpc) is 1.86. The first kappa shape index (κ1) is 9.94. The molecule has 0 heterocycles. The zero-order valence-corrected chi connectivity index (χ0v) is 6.02. The molecule has 0 radical (unpaired) electrons. The highest BCUT2D eigenvalue weighted by Gasteiger charge is 2.31. The Morgan fingerprint density at radius 3 is 2.36 bits per heavy atom. The fourth-order valence-electron chi connectivity index (χ4n) is 0.289. The smallest absolute Gasteiger partial charge is 0.257 e. The Kier molecular flexibility index (Phi) is 3.57. The van der Waals surface area contributed by atoms with Gasteiger partial charge in [0, 0.05) is 6.20 Å². The van der Waals surface area contributed by atoms with E-state index in [4.69, 9.17) is 0 Å². The SMILES string of the molecule is C=CC=CN=C(C)C(F)(F)F. The largest absolute Gasteiger partial charge is 0.429 e. The van der Waals surface area contributed by atoms with E-state index in [2.05, 4.69) is 11.6 Å². The normalized spacial score (nSPS) is 14.0. The molecular formula is C7H8F3N. The topological polar surface area (TPSA) is 12.4 Å². The van der Waals surface area contributed by atoms with Gasteiger partial charge in [0.2, 0.25) is 0 Å². The second-order valence-electron chi connectivity index (χ2n) is 1.79. The zero-order chi connectivity index (χ0) is 8.91. The van der Waals surface area contributed by atoms with Crippen LogP contribution >= 0.6 is 0 Å². The Labute approximate surface area is 62.9 Å². The summed E-state index contributed by atoms with van der Waals surface area (Å²) in [4.78, 5) is 3.12. The zero-order valence-electron chi connectivity index (χ0n) is 6.02. The molecule has 0 spiro atoms. The second kappa shape index (κ2) is 3.95. The van der Waals surface area contributed by atoms with Crippen LogP contribution in [0, 0.1) is 0 Å². The quantitative estimate of drug-likeness (QED) is 0.438. The van der Waals surface area contributed by atoms with Crippen LogP contribution in [0.1, 0.15) is 6.92 Å². The Balaban J connectivity index is 4.23.